The van der Waals surface area contributed by atoms with Gasteiger partial charge in [0.1, 0.15) is 5.82 Å². The van der Waals surface area contributed by atoms with E-state index in [0.717, 1.165) is 37.5 Å². The third-order valence-electron chi connectivity index (χ3n) is 3.99. The number of nitrogens with one attached hydrogen (secondary N) is 1. The standard InChI is InChI=1S/C13H23N3O/c1-5-13(6-2)12(14-7-8-17-13)11-9-16(4)10(3)15-11/h9,12,14H,5-8H2,1-4H3. The summed E-state index contributed by atoms with van der Waals surface area (Å²) < 4.78 is 8.14. The normalized spacial score (nSPS) is 23.9. The number of aryl methyl sites for hydroxylation is 2. The van der Waals surface area contributed by atoms with E-state index in [2.05, 4.69) is 34.9 Å². The first kappa shape index (κ1) is 12.6. The number of aromatic nitrogens is 2. The molecule has 2 rings (SSSR count). The van der Waals surface area contributed by atoms with Crippen molar-refractivity contribution in [1.82, 2.24) is 14.9 Å². The van der Waals surface area contributed by atoms with Gasteiger partial charge in [-0.1, -0.05) is 13.8 Å². The van der Waals surface area contributed by atoms with E-state index < -0.39 is 0 Å². The van der Waals surface area contributed by atoms with Gasteiger partial charge in [-0.3, -0.25) is 0 Å². The quantitative estimate of drug-likeness (QED) is 0.873. The highest BCUT2D eigenvalue weighted by Gasteiger charge is 2.41. The number of hydrogen-bond donors (Lipinski definition) is 1. The van der Waals surface area contributed by atoms with E-state index >= 15 is 0 Å². The molecule has 1 aromatic heterocycles. The minimum atomic E-state index is -0.0982. The number of ether oxygens (including phenoxy) is 1. The lowest BCUT2D eigenvalue weighted by Crippen LogP contribution is -2.51. The molecule has 17 heavy (non-hydrogen) atoms. The van der Waals surface area contributed by atoms with Crippen molar-refractivity contribution in [3.63, 3.8) is 0 Å². The van der Waals surface area contributed by atoms with Crippen LogP contribution in [0.2, 0.25) is 0 Å². The second-order valence-corrected chi connectivity index (χ2v) is 4.83. The minimum absolute atomic E-state index is 0.0982. The molecule has 2 heterocycles. The molecular weight excluding hydrogens is 214 g/mol. The first-order chi connectivity index (χ1) is 8.13. The highest BCUT2D eigenvalue weighted by Crippen LogP contribution is 2.36. The predicted molar refractivity (Wildman–Crippen MR) is 68.0 cm³/mol. The summed E-state index contributed by atoms with van der Waals surface area (Å²) in [5, 5.41) is 3.57. The monoisotopic (exact) mass is 237 g/mol. The Balaban J connectivity index is 2.33. The van der Waals surface area contributed by atoms with Crippen LogP contribution < -0.4 is 5.32 Å². The van der Waals surface area contributed by atoms with E-state index in [-0.39, 0.29) is 11.6 Å². The lowest BCUT2D eigenvalue weighted by molar-refractivity contribution is -0.104. The van der Waals surface area contributed by atoms with Gasteiger partial charge in [-0.05, 0) is 19.8 Å². The Labute approximate surface area is 103 Å². The number of nitrogens with zero attached hydrogens (tertiary/aromatic N) is 2. The molecule has 0 radical (unpaired) electrons. The van der Waals surface area contributed by atoms with Crippen molar-refractivity contribution in [3.05, 3.63) is 17.7 Å². The molecule has 1 aliphatic heterocycles. The van der Waals surface area contributed by atoms with Crippen LogP contribution in [0.25, 0.3) is 0 Å². The van der Waals surface area contributed by atoms with Crippen LogP contribution in [0, 0.1) is 6.92 Å². The zero-order valence-electron chi connectivity index (χ0n) is 11.3. The smallest absolute Gasteiger partial charge is 0.105 e. The van der Waals surface area contributed by atoms with Crippen LogP contribution in [0.3, 0.4) is 0 Å². The SMILES string of the molecule is CCC1(CC)OCCNC1c1cn(C)c(C)n1. The molecule has 1 atom stereocenters. The van der Waals surface area contributed by atoms with Gasteiger partial charge in [0.2, 0.25) is 0 Å². The number of imidazole rings is 1. The van der Waals surface area contributed by atoms with Gasteiger partial charge in [0.05, 0.1) is 23.9 Å². The van der Waals surface area contributed by atoms with Crippen molar-refractivity contribution < 1.29 is 4.74 Å². The first-order valence-corrected chi connectivity index (χ1v) is 6.50. The summed E-state index contributed by atoms with van der Waals surface area (Å²) in [6, 6.07) is 0.214. The Hall–Kier alpha value is -0.870. The molecular formula is C13H23N3O. The highest BCUT2D eigenvalue weighted by molar-refractivity contribution is 5.14. The fraction of sp³-hybridized carbons (Fsp3) is 0.769. The van der Waals surface area contributed by atoms with Crippen molar-refractivity contribution in [2.75, 3.05) is 13.2 Å². The maximum Gasteiger partial charge on any atom is 0.105 e. The molecule has 1 fully saturated rings. The molecule has 1 N–H and O–H groups in total. The van der Waals surface area contributed by atoms with E-state index in [4.69, 9.17) is 4.74 Å². The molecule has 0 bridgehead atoms. The van der Waals surface area contributed by atoms with Gasteiger partial charge >= 0.3 is 0 Å². The predicted octanol–water partition coefficient (Wildman–Crippen LogP) is 1.95. The molecule has 4 nitrogen and oxygen atoms in total. The van der Waals surface area contributed by atoms with E-state index in [1.54, 1.807) is 0 Å². The number of morpholine rings is 1. The van der Waals surface area contributed by atoms with Crippen LogP contribution in [0.15, 0.2) is 6.20 Å². The second-order valence-electron chi connectivity index (χ2n) is 4.83. The van der Waals surface area contributed by atoms with Crippen LogP contribution in [-0.4, -0.2) is 28.3 Å². The van der Waals surface area contributed by atoms with Crippen molar-refractivity contribution in [3.8, 4) is 0 Å². The number of rotatable bonds is 3. The summed E-state index contributed by atoms with van der Waals surface area (Å²) >= 11 is 0. The fourth-order valence-corrected chi connectivity index (χ4v) is 2.69. The maximum atomic E-state index is 6.07. The lowest BCUT2D eigenvalue weighted by atomic mass is 9.85. The van der Waals surface area contributed by atoms with E-state index in [9.17, 15) is 0 Å². The average molecular weight is 237 g/mol. The molecule has 1 saturated heterocycles. The summed E-state index contributed by atoms with van der Waals surface area (Å²) in [4.78, 5) is 4.65. The maximum absolute atomic E-state index is 6.07. The molecule has 1 aromatic rings. The van der Waals surface area contributed by atoms with Gasteiger partial charge in [-0.2, -0.15) is 0 Å². The minimum Gasteiger partial charge on any atom is -0.372 e. The lowest BCUT2D eigenvalue weighted by Gasteiger charge is -2.43. The van der Waals surface area contributed by atoms with Crippen molar-refractivity contribution in [2.45, 2.75) is 45.3 Å². The molecule has 0 aromatic carbocycles. The summed E-state index contributed by atoms with van der Waals surface area (Å²) in [7, 11) is 2.04. The summed E-state index contributed by atoms with van der Waals surface area (Å²) in [6.45, 7) is 8.12. The van der Waals surface area contributed by atoms with Crippen LogP contribution in [0.4, 0.5) is 0 Å². The average Bonchev–Trinajstić information content (AvgIpc) is 2.69. The van der Waals surface area contributed by atoms with Crippen LogP contribution in [0.1, 0.15) is 44.2 Å². The van der Waals surface area contributed by atoms with Gasteiger partial charge in [0.15, 0.2) is 0 Å². The second kappa shape index (κ2) is 4.78. The highest BCUT2D eigenvalue weighted by atomic mass is 16.5. The molecule has 1 unspecified atom stereocenters. The molecule has 0 saturated carbocycles. The summed E-state index contributed by atoms with van der Waals surface area (Å²) in [6.07, 6.45) is 4.13. The van der Waals surface area contributed by atoms with Crippen molar-refractivity contribution in [1.29, 1.82) is 0 Å². The van der Waals surface area contributed by atoms with Gasteiger partial charge in [0.25, 0.3) is 0 Å². The first-order valence-electron chi connectivity index (χ1n) is 6.50. The van der Waals surface area contributed by atoms with Gasteiger partial charge in [-0.25, -0.2) is 4.98 Å². The molecule has 0 spiro atoms. The zero-order chi connectivity index (χ0) is 12.5. The molecule has 0 amide bonds. The topological polar surface area (TPSA) is 39.1 Å². The Morgan fingerprint density at radius 2 is 2.24 bits per heavy atom. The van der Waals surface area contributed by atoms with Gasteiger partial charge < -0.3 is 14.6 Å². The van der Waals surface area contributed by atoms with Crippen LogP contribution >= 0.6 is 0 Å². The van der Waals surface area contributed by atoms with Crippen LogP contribution in [-0.2, 0) is 11.8 Å². The fourth-order valence-electron chi connectivity index (χ4n) is 2.69. The van der Waals surface area contributed by atoms with Gasteiger partial charge in [-0.15, -0.1) is 0 Å². The van der Waals surface area contributed by atoms with E-state index in [1.807, 2.05) is 14.0 Å². The third-order valence-corrected chi connectivity index (χ3v) is 3.99. The Bertz CT molecular complexity index is 363. The molecule has 0 aliphatic carbocycles. The Morgan fingerprint density at radius 1 is 1.53 bits per heavy atom. The van der Waals surface area contributed by atoms with E-state index in [1.165, 1.54) is 0 Å². The largest absolute Gasteiger partial charge is 0.372 e. The van der Waals surface area contributed by atoms with Crippen molar-refractivity contribution >= 4 is 0 Å². The Kier molecular flexibility index (Phi) is 3.54. The van der Waals surface area contributed by atoms with E-state index in [0.29, 0.717) is 0 Å². The van der Waals surface area contributed by atoms with Crippen molar-refractivity contribution in [2.24, 2.45) is 7.05 Å². The van der Waals surface area contributed by atoms with Crippen LogP contribution in [0.5, 0.6) is 0 Å². The molecule has 96 valence electrons. The van der Waals surface area contributed by atoms with Gasteiger partial charge in [0, 0.05) is 19.8 Å². The summed E-state index contributed by atoms with van der Waals surface area (Å²) in [5.41, 5.74) is 1.01. The molecule has 1 aliphatic rings. The summed E-state index contributed by atoms with van der Waals surface area (Å²) in [5.74, 6) is 1.05. The molecule has 4 heteroatoms. The number of hydrogen-bond acceptors (Lipinski definition) is 3. The zero-order valence-corrected chi connectivity index (χ0v) is 11.3. The third kappa shape index (κ3) is 2.11. The Morgan fingerprint density at radius 3 is 2.76 bits per heavy atom.